The number of aromatic nitrogens is 2. The highest BCUT2D eigenvalue weighted by Crippen LogP contribution is 2.04. The summed E-state index contributed by atoms with van der Waals surface area (Å²) in [5.74, 6) is -0.989. The molecule has 0 aromatic carbocycles. The summed E-state index contributed by atoms with van der Waals surface area (Å²) in [4.78, 5) is 10.5. The fourth-order valence-corrected chi connectivity index (χ4v) is 0.945. The van der Waals surface area contributed by atoms with E-state index < -0.39 is 5.97 Å². The molecule has 0 atom stereocenters. The molecule has 0 aliphatic carbocycles. The van der Waals surface area contributed by atoms with Gasteiger partial charge >= 0.3 is 5.97 Å². The van der Waals surface area contributed by atoms with Gasteiger partial charge in [-0.15, -0.1) is 0 Å². The van der Waals surface area contributed by atoms with Gasteiger partial charge in [-0.1, -0.05) is 0 Å². The van der Waals surface area contributed by atoms with Crippen LogP contribution < -0.4 is 0 Å². The zero-order valence-corrected chi connectivity index (χ0v) is 6.69. The van der Waals surface area contributed by atoms with Gasteiger partial charge in [-0.05, 0) is 6.92 Å². The standard InChI is InChI=1S/C7H10N2O3/c1-5-6(7(11)12)4-9(8-5)2-3-10/h4,10H,2-3H2,1H3,(H,11,12). The Kier molecular flexibility index (Phi) is 2.44. The Morgan fingerprint density at radius 1 is 1.75 bits per heavy atom. The van der Waals surface area contributed by atoms with Gasteiger partial charge in [0.1, 0.15) is 5.56 Å². The van der Waals surface area contributed by atoms with Crippen LogP contribution in [0.15, 0.2) is 6.20 Å². The number of hydrogen-bond acceptors (Lipinski definition) is 3. The first kappa shape index (κ1) is 8.73. The molecular formula is C7H10N2O3. The van der Waals surface area contributed by atoms with Crippen LogP contribution in [0.4, 0.5) is 0 Å². The third-order valence-electron chi connectivity index (χ3n) is 1.51. The van der Waals surface area contributed by atoms with E-state index >= 15 is 0 Å². The summed E-state index contributed by atoms with van der Waals surface area (Å²) in [6.07, 6.45) is 1.41. The van der Waals surface area contributed by atoms with Crippen molar-refractivity contribution >= 4 is 5.97 Å². The van der Waals surface area contributed by atoms with Gasteiger partial charge in [0.2, 0.25) is 0 Å². The average molecular weight is 170 g/mol. The number of aliphatic hydroxyl groups excluding tert-OH is 1. The molecule has 0 aliphatic rings. The minimum absolute atomic E-state index is 0.0415. The highest BCUT2D eigenvalue weighted by atomic mass is 16.4. The lowest BCUT2D eigenvalue weighted by atomic mass is 10.3. The van der Waals surface area contributed by atoms with E-state index in [-0.39, 0.29) is 12.2 Å². The highest BCUT2D eigenvalue weighted by Gasteiger charge is 2.10. The van der Waals surface area contributed by atoms with Crippen molar-refractivity contribution in [3.63, 3.8) is 0 Å². The van der Waals surface area contributed by atoms with Gasteiger partial charge in [-0.3, -0.25) is 4.68 Å². The van der Waals surface area contributed by atoms with Gasteiger partial charge in [-0.2, -0.15) is 5.10 Å². The van der Waals surface area contributed by atoms with Crippen LogP contribution in [0.5, 0.6) is 0 Å². The van der Waals surface area contributed by atoms with E-state index in [1.807, 2.05) is 0 Å². The smallest absolute Gasteiger partial charge is 0.339 e. The van der Waals surface area contributed by atoms with E-state index in [9.17, 15) is 4.79 Å². The summed E-state index contributed by atoms with van der Waals surface area (Å²) in [7, 11) is 0. The van der Waals surface area contributed by atoms with Crippen molar-refractivity contribution in [2.45, 2.75) is 13.5 Å². The van der Waals surface area contributed by atoms with Crippen LogP contribution in [-0.4, -0.2) is 32.6 Å². The van der Waals surface area contributed by atoms with Crippen molar-refractivity contribution in [1.29, 1.82) is 0 Å². The molecule has 1 heterocycles. The number of aliphatic hydroxyl groups is 1. The number of rotatable bonds is 3. The molecule has 66 valence electrons. The molecule has 5 heteroatoms. The molecule has 0 radical (unpaired) electrons. The second kappa shape index (κ2) is 3.36. The molecule has 0 spiro atoms. The summed E-state index contributed by atoms with van der Waals surface area (Å²) < 4.78 is 1.42. The van der Waals surface area contributed by atoms with Gasteiger partial charge < -0.3 is 10.2 Å². The van der Waals surface area contributed by atoms with Gasteiger partial charge in [-0.25, -0.2) is 4.79 Å². The first-order valence-corrected chi connectivity index (χ1v) is 3.53. The molecule has 0 aliphatic heterocycles. The Labute approximate surface area is 69.2 Å². The van der Waals surface area contributed by atoms with Gasteiger partial charge in [0.15, 0.2) is 0 Å². The van der Waals surface area contributed by atoms with Crippen LogP contribution in [0.3, 0.4) is 0 Å². The topological polar surface area (TPSA) is 75.3 Å². The van der Waals surface area contributed by atoms with E-state index in [0.717, 1.165) is 0 Å². The van der Waals surface area contributed by atoms with E-state index in [4.69, 9.17) is 10.2 Å². The Bertz CT molecular complexity index is 293. The zero-order valence-electron chi connectivity index (χ0n) is 6.69. The molecule has 2 N–H and O–H groups in total. The molecule has 1 aromatic rings. The van der Waals surface area contributed by atoms with E-state index in [0.29, 0.717) is 12.2 Å². The van der Waals surface area contributed by atoms with Crippen LogP contribution in [0.2, 0.25) is 0 Å². The van der Waals surface area contributed by atoms with Crippen molar-refractivity contribution in [2.24, 2.45) is 0 Å². The summed E-state index contributed by atoms with van der Waals surface area (Å²) >= 11 is 0. The Morgan fingerprint density at radius 3 is 2.83 bits per heavy atom. The molecule has 0 amide bonds. The lowest BCUT2D eigenvalue weighted by Gasteiger charge is -1.93. The molecule has 5 nitrogen and oxygen atoms in total. The number of aryl methyl sites for hydroxylation is 1. The van der Waals surface area contributed by atoms with Crippen molar-refractivity contribution < 1.29 is 15.0 Å². The van der Waals surface area contributed by atoms with Crippen LogP contribution in [0.25, 0.3) is 0 Å². The van der Waals surface area contributed by atoms with E-state index in [1.165, 1.54) is 10.9 Å². The molecule has 1 rings (SSSR count). The third-order valence-corrected chi connectivity index (χ3v) is 1.51. The van der Waals surface area contributed by atoms with Crippen LogP contribution in [-0.2, 0) is 6.54 Å². The normalized spacial score (nSPS) is 10.2. The number of aromatic carboxylic acids is 1. The fourth-order valence-electron chi connectivity index (χ4n) is 0.945. The third kappa shape index (κ3) is 1.62. The van der Waals surface area contributed by atoms with Crippen LogP contribution in [0.1, 0.15) is 16.1 Å². The second-order valence-electron chi connectivity index (χ2n) is 2.42. The monoisotopic (exact) mass is 170 g/mol. The first-order chi connectivity index (χ1) is 5.65. The number of carboxylic acids is 1. The van der Waals surface area contributed by atoms with Crippen molar-refractivity contribution in [1.82, 2.24) is 9.78 Å². The summed E-state index contributed by atoms with van der Waals surface area (Å²) in [5, 5.41) is 21.1. The maximum Gasteiger partial charge on any atom is 0.339 e. The molecule has 0 saturated heterocycles. The fraction of sp³-hybridized carbons (Fsp3) is 0.429. The Balaban J connectivity index is 2.92. The average Bonchev–Trinajstić information content (AvgIpc) is 2.32. The highest BCUT2D eigenvalue weighted by molar-refractivity contribution is 5.88. The molecule has 0 unspecified atom stereocenters. The molecule has 0 bridgehead atoms. The van der Waals surface area contributed by atoms with Crippen LogP contribution >= 0.6 is 0 Å². The van der Waals surface area contributed by atoms with Crippen molar-refractivity contribution in [3.05, 3.63) is 17.5 Å². The van der Waals surface area contributed by atoms with Crippen LogP contribution in [0, 0.1) is 6.92 Å². The second-order valence-corrected chi connectivity index (χ2v) is 2.42. The SMILES string of the molecule is Cc1nn(CCO)cc1C(=O)O. The van der Waals surface area contributed by atoms with E-state index in [2.05, 4.69) is 5.10 Å². The number of nitrogens with zero attached hydrogens (tertiary/aromatic N) is 2. The number of carboxylic acid groups (broad SMARTS) is 1. The maximum atomic E-state index is 10.5. The lowest BCUT2D eigenvalue weighted by Crippen LogP contribution is -2.02. The summed E-state index contributed by atoms with van der Waals surface area (Å²) in [6, 6.07) is 0. The Morgan fingerprint density at radius 2 is 2.42 bits per heavy atom. The number of carbonyl (C=O) groups is 1. The number of hydrogen-bond donors (Lipinski definition) is 2. The molecule has 0 saturated carbocycles. The molecular weight excluding hydrogens is 160 g/mol. The molecule has 1 aromatic heterocycles. The van der Waals surface area contributed by atoms with Gasteiger partial charge in [0.05, 0.1) is 18.8 Å². The minimum Gasteiger partial charge on any atom is -0.478 e. The molecule has 0 fully saturated rings. The van der Waals surface area contributed by atoms with Crippen molar-refractivity contribution in [2.75, 3.05) is 6.61 Å². The summed E-state index contributed by atoms with van der Waals surface area (Å²) in [6.45, 7) is 1.91. The van der Waals surface area contributed by atoms with E-state index in [1.54, 1.807) is 6.92 Å². The van der Waals surface area contributed by atoms with Gasteiger partial charge in [0.25, 0.3) is 0 Å². The maximum absolute atomic E-state index is 10.5. The summed E-state index contributed by atoms with van der Waals surface area (Å²) in [5.41, 5.74) is 0.652. The largest absolute Gasteiger partial charge is 0.478 e. The predicted octanol–water partition coefficient (Wildman–Crippen LogP) is -0.118. The van der Waals surface area contributed by atoms with Gasteiger partial charge in [0, 0.05) is 6.20 Å². The molecule has 12 heavy (non-hydrogen) atoms. The quantitative estimate of drug-likeness (QED) is 0.663. The lowest BCUT2D eigenvalue weighted by molar-refractivity contribution is 0.0696. The van der Waals surface area contributed by atoms with Crippen molar-refractivity contribution in [3.8, 4) is 0 Å². The zero-order chi connectivity index (χ0) is 9.14. The predicted molar refractivity (Wildman–Crippen MR) is 41.0 cm³/mol. The Hall–Kier alpha value is -1.36. The minimum atomic E-state index is -0.989. The first-order valence-electron chi connectivity index (χ1n) is 3.53.